The zero-order chi connectivity index (χ0) is 12.5. The molecule has 0 saturated heterocycles. The predicted molar refractivity (Wildman–Crippen MR) is 71.5 cm³/mol. The lowest BCUT2D eigenvalue weighted by Gasteiger charge is -2.10. The van der Waals surface area contributed by atoms with E-state index in [1.165, 1.54) is 0 Å². The fourth-order valence-electron chi connectivity index (χ4n) is 2.11. The first-order chi connectivity index (χ1) is 8.77. The highest BCUT2D eigenvalue weighted by Crippen LogP contribution is 2.23. The SMILES string of the molecule is C[C@H](N)c1nc2ccccc2n1-c1ccncc1. The molecule has 0 spiro atoms. The van der Waals surface area contributed by atoms with E-state index >= 15 is 0 Å². The van der Waals surface area contributed by atoms with Crippen LogP contribution in [0.25, 0.3) is 16.7 Å². The van der Waals surface area contributed by atoms with Crippen LogP contribution in [0.1, 0.15) is 18.8 Å². The van der Waals surface area contributed by atoms with Gasteiger partial charge in [-0.2, -0.15) is 0 Å². The first-order valence-corrected chi connectivity index (χ1v) is 5.91. The third-order valence-corrected chi connectivity index (χ3v) is 2.91. The summed E-state index contributed by atoms with van der Waals surface area (Å²) in [6, 6.07) is 11.8. The molecule has 1 aromatic carbocycles. The summed E-state index contributed by atoms with van der Waals surface area (Å²) in [6.45, 7) is 1.94. The van der Waals surface area contributed by atoms with E-state index in [0.29, 0.717) is 0 Å². The molecule has 90 valence electrons. The molecule has 2 aromatic heterocycles. The molecule has 0 aliphatic heterocycles. The minimum absolute atomic E-state index is 0.120. The van der Waals surface area contributed by atoms with Gasteiger partial charge in [-0.1, -0.05) is 12.1 Å². The van der Waals surface area contributed by atoms with Crippen LogP contribution in [0.4, 0.5) is 0 Å². The number of nitrogens with zero attached hydrogens (tertiary/aromatic N) is 3. The Morgan fingerprint density at radius 1 is 1.11 bits per heavy atom. The van der Waals surface area contributed by atoms with Crippen LogP contribution in [-0.4, -0.2) is 14.5 Å². The third kappa shape index (κ3) is 1.67. The molecule has 0 aliphatic rings. The molecule has 0 amide bonds. The molecule has 1 atom stereocenters. The molecule has 2 heterocycles. The second-order valence-electron chi connectivity index (χ2n) is 4.29. The number of nitrogens with two attached hydrogens (primary N) is 1. The number of pyridine rings is 1. The molecule has 4 nitrogen and oxygen atoms in total. The minimum atomic E-state index is -0.120. The fourth-order valence-corrected chi connectivity index (χ4v) is 2.11. The van der Waals surface area contributed by atoms with Gasteiger partial charge in [0, 0.05) is 12.4 Å². The van der Waals surface area contributed by atoms with Crippen LogP contribution >= 0.6 is 0 Å². The Labute approximate surface area is 105 Å². The molecule has 0 bridgehead atoms. The lowest BCUT2D eigenvalue weighted by molar-refractivity contribution is 0.727. The van der Waals surface area contributed by atoms with E-state index in [0.717, 1.165) is 22.5 Å². The monoisotopic (exact) mass is 238 g/mol. The first kappa shape index (κ1) is 10.9. The summed E-state index contributed by atoms with van der Waals surface area (Å²) in [5.41, 5.74) is 9.08. The van der Waals surface area contributed by atoms with Crippen LogP contribution in [-0.2, 0) is 0 Å². The third-order valence-electron chi connectivity index (χ3n) is 2.91. The highest BCUT2D eigenvalue weighted by molar-refractivity contribution is 5.78. The maximum Gasteiger partial charge on any atom is 0.131 e. The van der Waals surface area contributed by atoms with Gasteiger partial charge in [0.2, 0.25) is 0 Å². The van der Waals surface area contributed by atoms with Gasteiger partial charge in [0.25, 0.3) is 0 Å². The van der Waals surface area contributed by atoms with Crippen molar-refractivity contribution < 1.29 is 0 Å². The van der Waals surface area contributed by atoms with Gasteiger partial charge in [0.1, 0.15) is 5.82 Å². The van der Waals surface area contributed by atoms with Gasteiger partial charge in [0.15, 0.2) is 0 Å². The Kier molecular flexibility index (Phi) is 2.57. The van der Waals surface area contributed by atoms with E-state index in [1.54, 1.807) is 12.4 Å². The van der Waals surface area contributed by atoms with Crippen molar-refractivity contribution >= 4 is 11.0 Å². The van der Waals surface area contributed by atoms with Gasteiger partial charge < -0.3 is 5.73 Å². The van der Waals surface area contributed by atoms with Crippen LogP contribution in [0.5, 0.6) is 0 Å². The largest absolute Gasteiger partial charge is 0.322 e. The standard InChI is InChI=1S/C14H14N4/c1-10(15)14-17-12-4-2-3-5-13(12)18(14)11-6-8-16-9-7-11/h2-10H,15H2,1H3/t10-/m0/s1. The van der Waals surface area contributed by atoms with E-state index in [1.807, 2.05) is 37.3 Å². The Morgan fingerprint density at radius 2 is 1.83 bits per heavy atom. The molecule has 0 saturated carbocycles. The van der Waals surface area contributed by atoms with Gasteiger partial charge in [-0.3, -0.25) is 9.55 Å². The second-order valence-corrected chi connectivity index (χ2v) is 4.29. The smallest absolute Gasteiger partial charge is 0.131 e. The molecule has 0 unspecified atom stereocenters. The average Bonchev–Trinajstić information content (AvgIpc) is 2.79. The van der Waals surface area contributed by atoms with Crippen molar-refractivity contribution in [1.29, 1.82) is 0 Å². The molecule has 0 aliphatic carbocycles. The van der Waals surface area contributed by atoms with Gasteiger partial charge in [0.05, 0.1) is 22.8 Å². The maximum absolute atomic E-state index is 6.02. The van der Waals surface area contributed by atoms with Crippen molar-refractivity contribution in [3.8, 4) is 5.69 Å². The van der Waals surface area contributed by atoms with Gasteiger partial charge in [-0.05, 0) is 31.2 Å². The zero-order valence-electron chi connectivity index (χ0n) is 10.1. The number of aromatic nitrogens is 3. The van der Waals surface area contributed by atoms with Crippen molar-refractivity contribution in [2.24, 2.45) is 5.73 Å². The predicted octanol–water partition coefficient (Wildman–Crippen LogP) is 2.44. The minimum Gasteiger partial charge on any atom is -0.322 e. The van der Waals surface area contributed by atoms with Crippen molar-refractivity contribution in [2.75, 3.05) is 0 Å². The molecule has 0 radical (unpaired) electrons. The van der Waals surface area contributed by atoms with E-state index in [4.69, 9.17) is 5.73 Å². The average molecular weight is 238 g/mol. The quantitative estimate of drug-likeness (QED) is 0.746. The van der Waals surface area contributed by atoms with Crippen molar-refractivity contribution in [3.05, 3.63) is 54.6 Å². The molecule has 18 heavy (non-hydrogen) atoms. The van der Waals surface area contributed by atoms with Crippen LogP contribution in [0.15, 0.2) is 48.8 Å². The zero-order valence-corrected chi connectivity index (χ0v) is 10.1. The second kappa shape index (κ2) is 4.23. The normalized spacial score (nSPS) is 12.8. The van der Waals surface area contributed by atoms with Gasteiger partial charge in [-0.15, -0.1) is 0 Å². The lowest BCUT2D eigenvalue weighted by atomic mass is 10.3. The van der Waals surface area contributed by atoms with E-state index in [-0.39, 0.29) is 6.04 Å². The van der Waals surface area contributed by atoms with Crippen molar-refractivity contribution in [3.63, 3.8) is 0 Å². The number of hydrogen-bond acceptors (Lipinski definition) is 3. The number of fused-ring (bicyclic) bond motifs is 1. The highest BCUT2D eigenvalue weighted by atomic mass is 15.1. The van der Waals surface area contributed by atoms with Crippen molar-refractivity contribution in [1.82, 2.24) is 14.5 Å². The Hall–Kier alpha value is -2.20. The number of hydrogen-bond donors (Lipinski definition) is 1. The number of benzene rings is 1. The first-order valence-electron chi connectivity index (χ1n) is 5.91. The number of imidazole rings is 1. The molecule has 2 N–H and O–H groups in total. The summed E-state index contributed by atoms with van der Waals surface area (Å²) >= 11 is 0. The Morgan fingerprint density at radius 3 is 2.56 bits per heavy atom. The van der Waals surface area contributed by atoms with Crippen LogP contribution in [0.3, 0.4) is 0 Å². The van der Waals surface area contributed by atoms with Gasteiger partial charge in [-0.25, -0.2) is 4.98 Å². The summed E-state index contributed by atoms with van der Waals surface area (Å²) in [5.74, 6) is 0.863. The Balaban J connectivity index is 2.35. The topological polar surface area (TPSA) is 56.7 Å². The van der Waals surface area contributed by atoms with E-state index < -0.39 is 0 Å². The summed E-state index contributed by atoms with van der Waals surface area (Å²) in [7, 11) is 0. The number of para-hydroxylation sites is 2. The van der Waals surface area contributed by atoms with Gasteiger partial charge >= 0.3 is 0 Å². The summed E-state index contributed by atoms with van der Waals surface area (Å²) in [4.78, 5) is 8.65. The molecular formula is C14H14N4. The van der Waals surface area contributed by atoms with E-state index in [9.17, 15) is 0 Å². The van der Waals surface area contributed by atoms with E-state index in [2.05, 4.69) is 20.6 Å². The maximum atomic E-state index is 6.02. The summed E-state index contributed by atoms with van der Waals surface area (Å²) in [5, 5.41) is 0. The van der Waals surface area contributed by atoms with Crippen LogP contribution in [0, 0.1) is 0 Å². The molecular weight excluding hydrogens is 224 g/mol. The van der Waals surface area contributed by atoms with Crippen LogP contribution in [0.2, 0.25) is 0 Å². The summed E-state index contributed by atoms with van der Waals surface area (Å²) in [6.07, 6.45) is 3.55. The lowest BCUT2D eigenvalue weighted by Crippen LogP contribution is -2.12. The fraction of sp³-hybridized carbons (Fsp3) is 0.143. The molecule has 0 fully saturated rings. The highest BCUT2D eigenvalue weighted by Gasteiger charge is 2.14. The number of rotatable bonds is 2. The molecule has 3 rings (SSSR count). The summed E-state index contributed by atoms with van der Waals surface area (Å²) < 4.78 is 2.08. The molecule has 3 aromatic rings. The van der Waals surface area contributed by atoms with Crippen molar-refractivity contribution in [2.45, 2.75) is 13.0 Å². The van der Waals surface area contributed by atoms with Crippen LogP contribution < -0.4 is 5.73 Å². The Bertz CT molecular complexity index is 671. The molecule has 4 heteroatoms.